The fourth-order valence-corrected chi connectivity index (χ4v) is 1.98. The molecule has 0 saturated heterocycles. The Morgan fingerprint density at radius 1 is 1.32 bits per heavy atom. The maximum Gasteiger partial charge on any atom is 0.237 e. The Balaban J connectivity index is 2.31. The Morgan fingerprint density at radius 2 is 2.09 bits per heavy atom. The van der Waals surface area contributed by atoms with Crippen molar-refractivity contribution >= 4 is 5.91 Å². The largest absolute Gasteiger partial charge is 0.351 e. The summed E-state index contributed by atoms with van der Waals surface area (Å²) in [5.74, 6) is -0.140. The van der Waals surface area contributed by atoms with Crippen molar-refractivity contribution < 1.29 is 4.79 Å². The summed E-state index contributed by atoms with van der Waals surface area (Å²) in [5, 5.41) is 2.85. The molecule has 0 aromatic carbocycles. The number of nitrogens with two attached hydrogens (primary N) is 1. The lowest BCUT2D eigenvalue weighted by molar-refractivity contribution is -0.122. The van der Waals surface area contributed by atoms with E-state index in [9.17, 15) is 4.79 Å². The Bertz CT molecular complexity index is 516. The first-order chi connectivity index (χ1) is 10.5. The molecule has 1 heterocycles. The maximum atomic E-state index is 11.9. The Hall–Kier alpha value is -1.94. The molecule has 0 aliphatic carbocycles. The van der Waals surface area contributed by atoms with Crippen LogP contribution in [0.2, 0.25) is 0 Å². The Kier molecular flexibility index (Phi) is 8.15. The van der Waals surface area contributed by atoms with Crippen LogP contribution in [0.4, 0.5) is 0 Å². The number of carbonyl (C=O) groups is 1. The first-order valence-corrected chi connectivity index (χ1v) is 7.71. The van der Waals surface area contributed by atoms with Crippen LogP contribution in [0, 0.1) is 0 Å². The number of allylic oxidation sites excluding steroid dienone is 3. The van der Waals surface area contributed by atoms with Gasteiger partial charge in [-0.25, -0.2) is 0 Å². The van der Waals surface area contributed by atoms with Gasteiger partial charge in [0, 0.05) is 24.9 Å². The lowest BCUT2D eigenvalue weighted by atomic mass is 10.1. The van der Waals surface area contributed by atoms with E-state index >= 15 is 0 Å². The quantitative estimate of drug-likeness (QED) is 0.725. The highest BCUT2D eigenvalue weighted by Crippen LogP contribution is 2.06. The van der Waals surface area contributed by atoms with Gasteiger partial charge in [-0.2, -0.15) is 0 Å². The summed E-state index contributed by atoms with van der Waals surface area (Å²) in [6.45, 7) is 6.80. The zero-order valence-electron chi connectivity index (χ0n) is 13.8. The topological polar surface area (TPSA) is 68.0 Å². The third kappa shape index (κ3) is 7.74. The monoisotopic (exact) mass is 301 g/mol. The molecule has 1 rings (SSSR count). The molecule has 1 aromatic rings. The van der Waals surface area contributed by atoms with E-state index < -0.39 is 6.04 Å². The summed E-state index contributed by atoms with van der Waals surface area (Å²) >= 11 is 0. The average Bonchev–Trinajstić information content (AvgIpc) is 2.47. The molecular formula is C18H27N3O. The van der Waals surface area contributed by atoms with Crippen LogP contribution < -0.4 is 11.1 Å². The van der Waals surface area contributed by atoms with Crippen molar-refractivity contribution in [1.29, 1.82) is 0 Å². The second-order valence-electron chi connectivity index (χ2n) is 5.75. The van der Waals surface area contributed by atoms with E-state index in [-0.39, 0.29) is 5.91 Å². The Labute approximate surface area is 133 Å². The maximum absolute atomic E-state index is 11.9. The number of nitrogens with one attached hydrogen (secondary N) is 1. The SMILES string of the molecule is CC(C)=CCC/C(C)=C/CNC(=O)[C@@H](N)Cc1ccccn1. The summed E-state index contributed by atoms with van der Waals surface area (Å²) < 4.78 is 0. The minimum atomic E-state index is -0.561. The van der Waals surface area contributed by atoms with E-state index in [1.54, 1.807) is 6.20 Å². The van der Waals surface area contributed by atoms with Crippen LogP contribution in [0.25, 0.3) is 0 Å². The lowest BCUT2D eigenvalue weighted by Crippen LogP contribution is -2.42. The van der Waals surface area contributed by atoms with Crippen molar-refractivity contribution in [3.63, 3.8) is 0 Å². The molecule has 22 heavy (non-hydrogen) atoms. The molecule has 1 amide bonds. The van der Waals surface area contributed by atoms with Crippen LogP contribution in [0.15, 0.2) is 47.7 Å². The minimum Gasteiger partial charge on any atom is -0.351 e. The zero-order chi connectivity index (χ0) is 16.4. The van der Waals surface area contributed by atoms with E-state index in [0.29, 0.717) is 13.0 Å². The highest BCUT2D eigenvalue weighted by Gasteiger charge is 2.13. The van der Waals surface area contributed by atoms with Crippen molar-refractivity contribution in [2.24, 2.45) is 5.73 Å². The number of carbonyl (C=O) groups excluding carboxylic acids is 1. The van der Waals surface area contributed by atoms with E-state index in [0.717, 1.165) is 18.5 Å². The third-order valence-corrected chi connectivity index (χ3v) is 3.31. The van der Waals surface area contributed by atoms with Gasteiger partial charge in [0.15, 0.2) is 0 Å². The van der Waals surface area contributed by atoms with Crippen LogP contribution >= 0.6 is 0 Å². The minimum absolute atomic E-state index is 0.140. The van der Waals surface area contributed by atoms with E-state index in [2.05, 4.69) is 37.1 Å². The van der Waals surface area contributed by atoms with Gasteiger partial charge in [-0.15, -0.1) is 0 Å². The van der Waals surface area contributed by atoms with Crippen molar-refractivity contribution in [2.75, 3.05) is 6.54 Å². The molecule has 0 unspecified atom stereocenters. The smallest absolute Gasteiger partial charge is 0.237 e. The molecule has 4 heteroatoms. The summed E-state index contributed by atoms with van der Waals surface area (Å²) in [5.41, 5.74) is 9.34. The first-order valence-electron chi connectivity index (χ1n) is 7.71. The lowest BCUT2D eigenvalue weighted by Gasteiger charge is -2.11. The fourth-order valence-electron chi connectivity index (χ4n) is 1.98. The normalized spacial score (nSPS) is 12.6. The summed E-state index contributed by atoms with van der Waals surface area (Å²) in [7, 11) is 0. The molecule has 1 aromatic heterocycles. The molecule has 0 aliphatic heterocycles. The molecular weight excluding hydrogens is 274 g/mol. The molecule has 1 atom stereocenters. The summed E-state index contributed by atoms with van der Waals surface area (Å²) in [6.07, 6.45) is 8.48. The van der Waals surface area contributed by atoms with Crippen molar-refractivity contribution in [2.45, 2.75) is 46.1 Å². The van der Waals surface area contributed by atoms with Gasteiger partial charge >= 0.3 is 0 Å². The van der Waals surface area contributed by atoms with Crippen LogP contribution in [-0.2, 0) is 11.2 Å². The number of nitrogens with zero attached hydrogens (tertiary/aromatic N) is 1. The molecule has 0 fully saturated rings. The van der Waals surface area contributed by atoms with Crippen molar-refractivity contribution in [3.05, 3.63) is 53.4 Å². The predicted octanol–water partition coefficient (Wildman–Crippen LogP) is 2.76. The fraction of sp³-hybridized carbons (Fsp3) is 0.444. The van der Waals surface area contributed by atoms with Gasteiger partial charge in [-0.05, 0) is 45.7 Å². The van der Waals surface area contributed by atoms with Gasteiger partial charge in [0.25, 0.3) is 0 Å². The van der Waals surface area contributed by atoms with E-state index in [4.69, 9.17) is 5.73 Å². The van der Waals surface area contributed by atoms with E-state index in [1.807, 2.05) is 24.3 Å². The summed E-state index contributed by atoms with van der Waals surface area (Å²) in [6, 6.07) is 5.05. The van der Waals surface area contributed by atoms with Gasteiger partial charge in [0.1, 0.15) is 0 Å². The molecule has 3 N–H and O–H groups in total. The van der Waals surface area contributed by atoms with Gasteiger partial charge in [0.05, 0.1) is 6.04 Å². The molecule has 0 aliphatic rings. The number of hydrogen-bond acceptors (Lipinski definition) is 3. The molecule has 120 valence electrons. The molecule has 4 nitrogen and oxygen atoms in total. The van der Waals surface area contributed by atoms with E-state index in [1.165, 1.54) is 11.1 Å². The second-order valence-corrected chi connectivity index (χ2v) is 5.75. The number of pyridine rings is 1. The van der Waals surface area contributed by atoms with Crippen molar-refractivity contribution in [1.82, 2.24) is 10.3 Å². The number of aromatic nitrogens is 1. The van der Waals surface area contributed by atoms with Gasteiger partial charge in [-0.1, -0.05) is 29.4 Å². The summed E-state index contributed by atoms with van der Waals surface area (Å²) in [4.78, 5) is 16.1. The standard InChI is InChI=1S/C18H27N3O/c1-14(2)7-6-8-15(3)10-12-21-18(22)17(19)13-16-9-4-5-11-20-16/h4-5,7,9-11,17H,6,8,12-13,19H2,1-3H3,(H,21,22)/b15-10+/t17-/m0/s1. The molecule has 0 saturated carbocycles. The highest BCUT2D eigenvalue weighted by molar-refractivity contribution is 5.81. The number of rotatable bonds is 8. The van der Waals surface area contributed by atoms with Crippen LogP contribution in [0.3, 0.4) is 0 Å². The average molecular weight is 301 g/mol. The predicted molar refractivity (Wildman–Crippen MR) is 91.3 cm³/mol. The zero-order valence-corrected chi connectivity index (χ0v) is 13.8. The molecule has 0 spiro atoms. The number of amides is 1. The number of hydrogen-bond donors (Lipinski definition) is 2. The van der Waals surface area contributed by atoms with Gasteiger partial charge in [-0.3, -0.25) is 9.78 Å². The van der Waals surface area contributed by atoms with Crippen LogP contribution in [0.1, 0.15) is 39.3 Å². The van der Waals surface area contributed by atoms with Gasteiger partial charge in [0.2, 0.25) is 5.91 Å². The first kappa shape index (κ1) is 18.1. The third-order valence-electron chi connectivity index (χ3n) is 3.31. The van der Waals surface area contributed by atoms with Gasteiger partial charge < -0.3 is 11.1 Å². The molecule has 0 bridgehead atoms. The molecule has 0 radical (unpaired) electrons. The van der Waals surface area contributed by atoms with Crippen LogP contribution in [0.5, 0.6) is 0 Å². The second kappa shape index (κ2) is 9.90. The highest BCUT2D eigenvalue weighted by atomic mass is 16.2. The Morgan fingerprint density at radius 3 is 2.73 bits per heavy atom. The van der Waals surface area contributed by atoms with Crippen LogP contribution in [-0.4, -0.2) is 23.5 Å². The van der Waals surface area contributed by atoms with Crippen molar-refractivity contribution in [3.8, 4) is 0 Å².